The van der Waals surface area contributed by atoms with Crippen LogP contribution in [0.5, 0.6) is 0 Å². The van der Waals surface area contributed by atoms with Crippen molar-refractivity contribution in [1.82, 2.24) is 0 Å². The van der Waals surface area contributed by atoms with E-state index >= 15 is 0 Å². The van der Waals surface area contributed by atoms with Crippen molar-refractivity contribution in [2.24, 2.45) is 4.99 Å². The quantitative estimate of drug-likeness (QED) is 0.232. The molecule has 0 aliphatic carbocycles. The Hall–Kier alpha value is -0.180. The SMILES string of the molecule is N#CN=C([S-])Cc1ccc(F)cc1Cl.[Na+]. The number of aliphatic imine (C=N–C) groups is 1. The van der Waals surface area contributed by atoms with Crippen molar-refractivity contribution in [1.29, 1.82) is 5.26 Å². The van der Waals surface area contributed by atoms with Gasteiger partial charge in [-0.3, -0.25) is 0 Å². The van der Waals surface area contributed by atoms with Crippen LogP contribution in [0.1, 0.15) is 5.56 Å². The van der Waals surface area contributed by atoms with E-state index in [0.717, 1.165) is 0 Å². The van der Waals surface area contributed by atoms with Gasteiger partial charge in [-0.15, -0.1) is 0 Å². The zero-order valence-electron chi connectivity index (χ0n) is 8.00. The summed E-state index contributed by atoms with van der Waals surface area (Å²) >= 11 is 10.5. The Labute approximate surface area is 120 Å². The van der Waals surface area contributed by atoms with Gasteiger partial charge in [0.15, 0.2) is 0 Å². The van der Waals surface area contributed by atoms with Crippen LogP contribution in [-0.4, -0.2) is 5.04 Å². The van der Waals surface area contributed by atoms with Gasteiger partial charge in [-0.05, 0) is 24.1 Å². The fourth-order valence-electron chi connectivity index (χ4n) is 0.923. The van der Waals surface area contributed by atoms with Gasteiger partial charge in [-0.2, -0.15) is 5.26 Å². The molecule has 2 nitrogen and oxygen atoms in total. The average Bonchev–Trinajstić information content (AvgIpc) is 2.10. The number of nitrogens with zero attached hydrogens (tertiary/aromatic N) is 2. The molecule has 15 heavy (non-hydrogen) atoms. The van der Waals surface area contributed by atoms with Crippen molar-refractivity contribution in [3.8, 4) is 6.19 Å². The summed E-state index contributed by atoms with van der Waals surface area (Å²) < 4.78 is 12.6. The third kappa shape index (κ3) is 4.92. The first kappa shape index (κ1) is 14.8. The molecule has 0 amide bonds. The first-order valence-electron chi connectivity index (χ1n) is 3.70. The van der Waals surface area contributed by atoms with Crippen molar-refractivity contribution in [3.63, 3.8) is 0 Å². The maximum Gasteiger partial charge on any atom is 1.00 e. The minimum absolute atomic E-state index is 0. The van der Waals surface area contributed by atoms with Crippen molar-refractivity contribution >= 4 is 29.3 Å². The molecule has 0 fully saturated rings. The molecule has 72 valence electrons. The molecule has 0 radical (unpaired) electrons. The smallest absolute Gasteiger partial charge is 0.763 e. The van der Waals surface area contributed by atoms with Gasteiger partial charge in [-0.25, -0.2) is 9.38 Å². The van der Waals surface area contributed by atoms with Crippen LogP contribution in [0.4, 0.5) is 4.39 Å². The Morgan fingerprint density at radius 1 is 1.60 bits per heavy atom. The van der Waals surface area contributed by atoms with Gasteiger partial charge in [0.05, 0.1) is 0 Å². The van der Waals surface area contributed by atoms with Crippen LogP contribution >= 0.6 is 11.6 Å². The first-order chi connectivity index (χ1) is 6.63. The third-order valence-electron chi connectivity index (χ3n) is 1.53. The van der Waals surface area contributed by atoms with E-state index < -0.39 is 5.82 Å². The summed E-state index contributed by atoms with van der Waals surface area (Å²) in [5.74, 6) is -0.401. The number of hydrogen-bond donors (Lipinski definition) is 0. The van der Waals surface area contributed by atoms with E-state index in [4.69, 9.17) is 29.5 Å². The van der Waals surface area contributed by atoms with E-state index in [1.54, 1.807) is 6.19 Å². The maximum absolute atomic E-state index is 12.6. The Morgan fingerprint density at radius 2 is 2.27 bits per heavy atom. The van der Waals surface area contributed by atoms with Crippen LogP contribution in [0, 0.1) is 17.3 Å². The topological polar surface area (TPSA) is 36.1 Å². The molecule has 0 aromatic heterocycles. The van der Waals surface area contributed by atoms with Crippen molar-refractivity contribution in [2.45, 2.75) is 6.42 Å². The Kier molecular flexibility index (Phi) is 7.07. The van der Waals surface area contributed by atoms with Crippen LogP contribution in [0.3, 0.4) is 0 Å². The normalized spacial score (nSPS) is 10.3. The van der Waals surface area contributed by atoms with Crippen molar-refractivity contribution in [2.75, 3.05) is 0 Å². The van der Waals surface area contributed by atoms with Gasteiger partial charge in [0.2, 0.25) is 6.19 Å². The molecule has 0 saturated heterocycles. The molecule has 0 saturated carbocycles. The van der Waals surface area contributed by atoms with E-state index in [0.29, 0.717) is 10.6 Å². The molecule has 0 heterocycles. The number of nitriles is 1. The monoisotopic (exact) mass is 250 g/mol. The van der Waals surface area contributed by atoms with E-state index in [9.17, 15) is 4.39 Å². The Bertz CT molecular complexity index is 417. The standard InChI is InChI=1S/C9H6ClFN2S.Na/c10-8-4-7(11)2-1-6(8)3-9(14)13-5-12;/h1-2,4H,3H2,(H,13,14);/q;+1/p-1. The van der Waals surface area contributed by atoms with Crippen molar-refractivity contribution < 1.29 is 33.9 Å². The predicted molar refractivity (Wildman–Crippen MR) is 55.5 cm³/mol. The van der Waals surface area contributed by atoms with Gasteiger partial charge >= 0.3 is 29.6 Å². The first-order valence-corrected chi connectivity index (χ1v) is 4.48. The molecule has 0 aliphatic rings. The molecule has 0 unspecified atom stereocenters. The molecule has 1 rings (SSSR count). The van der Waals surface area contributed by atoms with Crippen LogP contribution in [0.25, 0.3) is 0 Å². The minimum atomic E-state index is -0.401. The molecule has 6 heteroatoms. The summed E-state index contributed by atoms with van der Waals surface area (Å²) in [6, 6.07) is 4.01. The zero-order valence-corrected chi connectivity index (χ0v) is 11.6. The third-order valence-corrected chi connectivity index (χ3v) is 2.12. The van der Waals surface area contributed by atoms with Gasteiger partial charge < -0.3 is 12.6 Å². The Balaban J connectivity index is 0.00000196. The minimum Gasteiger partial charge on any atom is -0.763 e. The maximum atomic E-state index is 12.6. The van der Waals surface area contributed by atoms with Crippen LogP contribution in [0.15, 0.2) is 23.2 Å². The summed E-state index contributed by atoms with van der Waals surface area (Å²) in [6.45, 7) is 0. The van der Waals surface area contributed by atoms with Crippen LogP contribution in [0.2, 0.25) is 5.02 Å². The predicted octanol–water partition coefficient (Wildman–Crippen LogP) is -0.548. The summed E-state index contributed by atoms with van der Waals surface area (Å²) in [5.41, 5.74) is 0.664. The van der Waals surface area contributed by atoms with E-state index in [-0.39, 0.29) is 41.0 Å². The van der Waals surface area contributed by atoms with E-state index in [1.807, 2.05) is 0 Å². The fourth-order valence-corrected chi connectivity index (χ4v) is 1.35. The number of halogens is 2. The molecule has 0 spiro atoms. The molecule has 0 bridgehead atoms. The van der Waals surface area contributed by atoms with Gasteiger partial charge in [0.1, 0.15) is 5.82 Å². The summed E-state index contributed by atoms with van der Waals surface area (Å²) in [5, 5.41) is 8.76. The van der Waals surface area contributed by atoms with Gasteiger partial charge in [-0.1, -0.05) is 22.7 Å². The molecule has 0 aliphatic heterocycles. The summed E-state index contributed by atoms with van der Waals surface area (Å²) in [6.07, 6.45) is 1.86. The molecule has 1 aromatic rings. The fraction of sp³-hybridized carbons (Fsp3) is 0.111. The molecule has 1 aromatic carbocycles. The Morgan fingerprint density at radius 3 is 2.80 bits per heavy atom. The largest absolute Gasteiger partial charge is 1.00 e. The number of benzene rings is 1. The number of hydrogen-bond acceptors (Lipinski definition) is 3. The van der Waals surface area contributed by atoms with Crippen LogP contribution in [-0.2, 0) is 19.0 Å². The molecular formula is C9H5ClFN2NaS. The van der Waals surface area contributed by atoms with Crippen molar-refractivity contribution in [3.05, 3.63) is 34.6 Å². The second-order valence-electron chi connectivity index (χ2n) is 2.52. The van der Waals surface area contributed by atoms with Crippen LogP contribution < -0.4 is 29.6 Å². The summed E-state index contributed by atoms with van der Waals surface area (Å²) in [4.78, 5) is 3.37. The number of rotatable bonds is 2. The average molecular weight is 251 g/mol. The van der Waals surface area contributed by atoms with E-state index in [1.165, 1.54) is 18.2 Å². The van der Waals surface area contributed by atoms with E-state index in [2.05, 4.69) is 4.99 Å². The second-order valence-corrected chi connectivity index (χ2v) is 3.40. The summed E-state index contributed by atoms with van der Waals surface area (Å²) in [7, 11) is 0. The second kappa shape index (κ2) is 7.15. The van der Waals surface area contributed by atoms with Gasteiger partial charge in [0.25, 0.3) is 0 Å². The zero-order chi connectivity index (χ0) is 10.6. The molecule has 0 N–H and O–H groups in total. The van der Waals surface area contributed by atoms with Gasteiger partial charge in [0, 0.05) is 5.02 Å². The molecule has 0 atom stereocenters. The molecular weight excluding hydrogens is 246 g/mol.